The largest absolute Gasteiger partial charge is 0.377 e. The molecule has 2 rings (SSSR count). The van der Waals surface area contributed by atoms with E-state index in [2.05, 4.69) is 36.1 Å². The lowest BCUT2D eigenvalue weighted by Gasteiger charge is -2.34. The summed E-state index contributed by atoms with van der Waals surface area (Å²) in [6.45, 7) is 7.08. The lowest BCUT2D eigenvalue weighted by atomic mass is 10.0. The number of rotatable bonds is 5. The van der Waals surface area contributed by atoms with Gasteiger partial charge in [0.2, 0.25) is 0 Å². The highest BCUT2D eigenvalue weighted by Crippen LogP contribution is 2.22. The maximum absolute atomic E-state index is 5.83. The van der Waals surface area contributed by atoms with Gasteiger partial charge in [0, 0.05) is 31.4 Å². The normalized spacial score (nSPS) is 21.4. The van der Waals surface area contributed by atoms with E-state index in [1.807, 2.05) is 6.92 Å². The van der Waals surface area contributed by atoms with Crippen LogP contribution in [0.4, 0.5) is 5.69 Å². The van der Waals surface area contributed by atoms with Crippen molar-refractivity contribution < 1.29 is 4.74 Å². The molecular formula is C16H26N2O. The third-order valence-corrected chi connectivity index (χ3v) is 3.64. The van der Waals surface area contributed by atoms with Gasteiger partial charge in [0.25, 0.3) is 0 Å². The van der Waals surface area contributed by atoms with E-state index in [-0.39, 0.29) is 6.04 Å². The number of hydrogen-bond donors (Lipinski definition) is 1. The fourth-order valence-electron chi connectivity index (χ4n) is 2.76. The molecule has 1 fully saturated rings. The molecule has 3 heteroatoms. The van der Waals surface area contributed by atoms with Crippen LogP contribution < -0.4 is 10.6 Å². The van der Waals surface area contributed by atoms with Crippen LogP contribution in [0, 0.1) is 0 Å². The van der Waals surface area contributed by atoms with Crippen LogP contribution in [0.3, 0.4) is 0 Å². The fourth-order valence-corrected chi connectivity index (χ4v) is 2.76. The van der Waals surface area contributed by atoms with E-state index in [0.717, 1.165) is 26.1 Å². The summed E-state index contributed by atoms with van der Waals surface area (Å²) in [5, 5.41) is 0. The molecule has 1 aliphatic rings. The molecule has 2 unspecified atom stereocenters. The van der Waals surface area contributed by atoms with Crippen LogP contribution in [0.5, 0.6) is 0 Å². The van der Waals surface area contributed by atoms with Crippen LogP contribution in [-0.2, 0) is 11.2 Å². The van der Waals surface area contributed by atoms with E-state index in [0.29, 0.717) is 6.10 Å². The number of nitrogens with two attached hydrogens (primary N) is 1. The van der Waals surface area contributed by atoms with Gasteiger partial charge in [0.1, 0.15) is 0 Å². The van der Waals surface area contributed by atoms with Gasteiger partial charge in [-0.25, -0.2) is 0 Å². The molecule has 2 atom stereocenters. The smallest absolute Gasteiger partial charge is 0.0750 e. The molecule has 0 amide bonds. The molecule has 3 nitrogen and oxygen atoms in total. The molecule has 0 spiro atoms. The first-order chi connectivity index (χ1) is 9.19. The number of nitrogens with zero attached hydrogens (tertiary/aromatic N) is 1. The SMILES string of the molecule is CCOC1CCCN(c2ccc(CC(C)N)cc2)C1. The Bertz CT molecular complexity index is 373. The monoisotopic (exact) mass is 262 g/mol. The highest BCUT2D eigenvalue weighted by molar-refractivity contribution is 5.48. The van der Waals surface area contributed by atoms with E-state index >= 15 is 0 Å². The Balaban J connectivity index is 1.97. The second-order valence-corrected chi connectivity index (χ2v) is 5.51. The molecular weight excluding hydrogens is 236 g/mol. The van der Waals surface area contributed by atoms with Crippen LogP contribution >= 0.6 is 0 Å². The first-order valence-electron chi connectivity index (χ1n) is 7.40. The van der Waals surface area contributed by atoms with Crippen molar-refractivity contribution in [3.05, 3.63) is 29.8 Å². The zero-order valence-electron chi connectivity index (χ0n) is 12.1. The van der Waals surface area contributed by atoms with Gasteiger partial charge in [0.05, 0.1) is 6.10 Å². The number of ether oxygens (including phenoxy) is 1. The number of hydrogen-bond acceptors (Lipinski definition) is 3. The average Bonchev–Trinajstić information content (AvgIpc) is 2.40. The third-order valence-electron chi connectivity index (χ3n) is 3.64. The predicted molar refractivity (Wildman–Crippen MR) is 80.7 cm³/mol. The van der Waals surface area contributed by atoms with Gasteiger partial charge >= 0.3 is 0 Å². The number of piperidine rings is 1. The Morgan fingerprint density at radius 2 is 2.11 bits per heavy atom. The van der Waals surface area contributed by atoms with Gasteiger partial charge in [0.15, 0.2) is 0 Å². The van der Waals surface area contributed by atoms with Crippen molar-refractivity contribution >= 4 is 5.69 Å². The Hall–Kier alpha value is -1.06. The van der Waals surface area contributed by atoms with Gasteiger partial charge in [-0.15, -0.1) is 0 Å². The minimum atomic E-state index is 0.225. The van der Waals surface area contributed by atoms with Crippen molar-refractivity contribution in [3.63, 3.8) is 0 Å². The topological polar surface area (TPSA) is 38.5 Å². The van der Waals surface area contributed by atoms with Crippen LogP contribution in [0.25, 0.3) is 0 Å². The van der Waals surface area contributed by atoms with Gasteiger partial charge in [-0.05, 0) is 50.8 Å². The Labute approximate surface area is 116 Å². The van der Waals surface area contributed by atoms with E-state index in [4.69, 9.17) is 10.5 Å². The molecule has 0 saturated carbocycles. The summed E-state index contributed by atoms with van der Waals surface area (Å²) in [6.07, 6.45) is 3.74. The Morgan fingerprint density at radius 3 is 2.74 bits per heavy atom. The highest BCUT2D eigenvalue weighted by Gasteiger charge is 2.20. The van der Waals surface area contributed by atoms with Crippen molar-refractivity contribution in [1.29, 1.82) is 0 Å². The van der Waals surface area contributed by atoms with Crippen LogP contribution in [0.2, 0.25) is 0 Å². The van der Waals surface area contributed by atoms with Crippen LogP contribution in [-0.4, -0.2) is 31.8 Å². The molecule has 2 N–H and O–H groups in total. The predicted octanol–water partition coefficient (Wildman–Crippen LogP) is 2.58. The molecule has 0 radical (unpaired) electrons. The standard InChI is InChI=1S/C16H26N2O/c1-3-19-16-5-4-10-18(12-16)15-8-6-14(7-9-15)11-13(2)17/h6-9,13,16H,3-5,10-12,17H2,1-2H3. The summed E-state index contributed by atoms with van der Waals surface area (Å²) in [6, 6.07) is 9.05. The lowest BCUT2D eigenvalue weighted by molar-refractivity contribution is 0.0527. The maximum Gasteiger partial charge on any atom is 0.0750 e. The summed E-state index contributed by atoms with van der Waals surface area (Å²) in [5.74, 6) is 0. The summed E-state index contributed by atoms with van der Waals surface area (Å²) < 4.78 is 5.75. The van der Waals surface area contributed by atoms with Crippen molar-refractivity contribution in [2.24, 2.45) is 5.73 Å². The lowest BCUT2D eigenvalue weighted by Crippen LogP contribution is -2.39. The molecule has 0 bridgehead atoms. The first-order valence-corrected chi connectivity index (χ1v) is 7.40. The molecule has 1 heterocycles. The van der Waals surface area contributed by atoms with Crippen molar-refractivity contribution in [1.82, 2.24) is 0 Å². The molecule has 1 aromatic rings. The minimum Gasteiger partial charge on any atom is -0.377 e. The van der Waals surface area contributed by atoms with E-state index in [9.17, 15) is 0 Å². The zero-order valence-corrected chi connectivity index (χ0v) is 12.1. The van der Waals surface area contributed by atoms with Crippen molar-refractivity contribution in [3.8, 4) is 0 Å². The second-order valence-electron chi connectivity index (χ2n) is 5.51. The molecule has 1 aromatic carbocycles. The Morgan fingerprint density at radius 1 is 1.37 bits per heavy atom. The summed E-state index contributed by atoms with van der Waals surface area (Å²) in [7, 11) is 0. The second kappa shape index (κ2) is 6.92. The molecule has 0 aliphatic carbocycles. The first kappa shape index (κ1) is 14.4. The third kappa shape index (κ3) is 4.22. The minimum absolute atomic E-state index is 0.225. The molecule has 19 heavy (non-hydrogen) atoms. The van der Waals surface area contributed by atoms with Crippen molar-refractivity contribution in [2.75, 3.05) is 24.6 Å². The summed E-state index contributed by atoms with van der Waals surface area (Å²) in [5.41, 5.74) is 8.45. The quantitative estimate of drug-likeness (QED) is 0.886. The van der Waals surface area contributed by atoms with Crippen LogP contribution in [0.1, 0.15) is 32.3 Å². The Kier molecular flexibility index (Phi) is 5.23. The van der Waals surface area contributed by atoms with Crippen LogP contribution in [0.15, 0.2) is 24.3 Å². The van der Waals surface area contributed by atoms with Gasteiger partial charge in [-0.1, -0.05) is 12.1 Å². The highest BCUT2D eigenvalue weighted by atomic mass is 16.5. The average molecular weight is 262 g/mol. The van der Waals surface area contributed by atoms with Crippen molar-refractivity contribution in [2.45, 2.75) is 45.3 Å². The van der Waals surface area contributed by atoms with E-state index < -0.39 is 0 Å². The molecule has 106 valence electrons. The van der Waals surface area contributed by atoms with E-state index in [1.165, 1.54) is 24.1 Å². The van der Waals surface area contributed by atoms with Gasteiger partial charge in [-0.2, -0.15) is 0 Å². The number of benzene rings is 1. The summed E-state index contributed by atoms with van der Waals surface area (Å²) in [4.78, 5) is 2.43. The molecule has 0 aromatic heterocycles. The number of anilines is 1. The van der Waals surface area contributed by atoms with Gasteiger partial charge < -0.3 is 15.4 Å². The zero-order chi connectivity index (χ0) is 13.7. The molecule has 1 saturated heterocycles. The fraction of sp³-hybridized carbons (Fsp3) is 0.625. The van der Waals surface area contributed by atoms with E-state index in [1.54, 1.807) is 0 Å². The molecule has 1 aliphatic heterocycles. The summed E-state index contributed by atoms with van der Waals surface area (Å²) >= 11 is 0. The maximum atomic E-state index is 5.83. The van der Waals surface area contributed by atoms with Gasteiger partial charge in [-0.3, -0.25) is 0 Å².